The molecule has 6 nitrogen and oxygen atoms in total. The molecule has 124 valence electrons. The average Bonchev–Trinajstić information content (AvgIpc) is 3.09. The summed E-state index contributed by atoms with van der Waals surface area (Å²) in [4.78, 5) is 4.10. The van der Waals surface area contributed by atoms with E-state index in [2.05, 4.69) is 25.6 Å². The molecule has 0 radical (unpaired) electrons. The number of furan rings is 1. The molecule has 0 saturated carbocycles. The Balaban J connectivity index is 1.96. The minimum atomic E-state index is -3.83. The highest BCUT2D eigenvalue weighted by Crippen LogP contribution is 2.29. The molecule has 1 aromatic carbocycles. The summed E-state index contributed by atoms with van der Waals surface area (Å²) in [5, 5.41) is 0. The van der Waals surface area contributed by atoms with Crippen LogP contribution in [0.25, 0.3) is 11.1 Å². The summed E-state index contributed by atoms with van der Waals surface area (Å²) in [6.45, 7) is 0. The minimum absolute atomic E-state index is 0.0353. The number of halogens is 1. The Labute approximate surface area is 147 Å². The number of nitrogens with one attached hydrogen (secondary N) is 1. The second-order valence-corrected chi connectivity index (χ2v) is 7.44. The number of benzene rings is 1. The average molecular weight is 409 g/mol. The molecular weight excluding hydrogens is 396 g/mol. The van der Waals surface area contributed by atoms with Crippen LogP contribution in [0.4, 0.5) is 5.69 Å². The smallest absolute Gasteiger partial charge is 0.265 e. The van der Waals surface area contributed by atoms with E-state index in [1.54, 1.807) is 43.0 Å². The van der Waals surface area contributed by atoms with Crippen LogP contribution in [0.1, 0.15) is 0 Å². The first-order valence-corrected chi connectivity index (χ1v) is 9.11. The molecule has 0 bridgehead atoms. The fourth-order valence-electron chi connectivity index (χ4n) is 2.15. The van der Waals surface area contributed by atoms with Crippen LogP contribution in [0, 0.1) is 0 Å². The lowest BCUT2D eigenvalue weighted by molar-refractivity contribution is 0.403. The molecule has 2 aromatic heterocycles. The van der Waals surface area contributed by atoms with Crippen molar-refractivity contribution in [2.75, 3.05) is 11.8 Å². The number of hydrogen-bond donors (Lipinski definition) is 1. The third kappa shape index (κ3) is 3.44. The van der Waals surface area contributed by atoms with Crippen molar-refractivity contribution in [1.82, 2.24) is 4.98 Å². The van der Waals surface area contributed by atoms with Gasteiger partial charge in [-0.2, -0.15) is 0 Å². The van der Waals surface area contributed by atoms with Crippen molar-refractivity contribution < 1.29 is 17.6 Å². The molecule has 3 rings (SSSR count). The summed E-state index contributed by atoms with van der Waals surface area (Å²) in [6, 6.07) is 8.22. The van der Waals surface area contributed by atoms with Gasteiger partial charge in [0.25, 0.3) is 10.0 Å². The predicted molar refractivity (Wildman–Crippen MR) is 93.4 cm³/mol. The van der Waals surface area contributed by atoms with Gasteiger partial charge in [0.1, 0.15) is 10.6 Å². The second-order valence-electron chi connectivity index (χ2n) is 4.87. The molecule has 0 fully saturated rings. The van der Waals surface area contributed by atoms with Gasteiger partial charge in [0.15, 0.2) is 0 Å². The maximum absolute atomic E-state index is 12.7. The number of rotatable bonds is 5. The first-order valence-electron chi connectivity index (χ1n) is 6.83. The number of ether oxygens (including phenoxy) is 1. The lowest BCUT2D eigenvalue weighted by atomic mass is 10.1. The molecule has 2 heterocycles. The normalized spacial score (nSPS) is 11.2. The first-order chi connectivity index (χ1) is 11.5. The number of anilines is 1. The summed E-state index contributed by atoms with van der Waals surface area (Å²) in [6.07, 6.45) is 6.17. The van der Waals surface area contributed by atoms with Crippen molar-refractivity contribution in [3.05, 3.63) is 59.7 Å². The summed E-state index contributed by atoms with van der Waals surface area (Å²) >= 11 is 3.27. The Morgan fingerprint density at radius 1 is 1.17 bits per heavy atom. The fraction of sp³-hybridized carbons (Fsp3) is 0.0625. The summed E-state index contributed by atoms with van der Waals surface area (Å²) in [7, 11) is -2.41. The highest BCUT2D eigenvalue weighted by atomic mass is 79.9. The van der Waals surface area contributed by atoms with Crippen molar-refractivity contribution >= 4 is 31.6 Å². The molecule has 0 unspecified atom stereocenters. The van der Waals surface area contributed by atoms with Crippen molar-refractivity contribution in [3.63, 3.8) is 0 Å². The van der Waals surface area contributed by atoms with Gasteiger partial charge in [-0.15, -0.1) is 0 Å². The van der Waals surface area contributed by atoms with Gasteiger partial charge in [0.2, 0.25) is 0 Å². The quantitative estimate of drug-likeness (QED) is 0.691. The Kier molecular flexibility index (Phi) is 4.59. The second kappa shape index (κ2) is 6.66. The number of hydrogen-bond acceptors (Lipinski definition) is 5. The van der Waals surface area contributed by atoms with Crippen LogP contribution in [0.2, 0.25) is 0 Å². The summed E-state index contributed by atoms with van der Waals surface area (Å²) in [5.74, 6) is 0.254. The van der Waals surface area contributed by atoms with E-state index in [4.69, 9.17) is 9.15 Å². The van der Waals surface area contributed by atoms with Crippen LogP contribution in [0.3, 0.4) is 0 Å². The van der Waals surface area contributed by atoms with Crippen LogP contribution in [-0.2, 0) is 10.0 Å². The van der Waals surface area contributed by atoms with Crippen LogP contribution in [-0.4, -0.2) is 20.5 Å². The molecule has 0 spiro atoms. The van der Waals surface area contributed by atoms with Crippen molar-refractivity contribution in [3.8, 4) is 16.9 Å². The zero-order valence-electron chi connectivity index (χ0n) is 12.6. The van der Waals surface area contributed by atoms with E-state index < -0.39 is 10.0 Å². The van der Waals surface area contributed by atoms with Gasteiger partial charge in [0.05, 0.1) is 31.5 Å². The summed E-state index contributed by atoms with van der Waals surface area (Å²) < 4.78 is 38.7. The van der Waals surface area contributed by atoms with Crippen LogP contribution >= 0.6 is 15.9 Å². The lowest BCUT2D eigenvalue weighted by Gasteiger charge is -2.12. The molecule has 0 atom stereocenters. The Hall–Kier alpha value is -2.32. The van der Waals surface area contributed by atoms with E-state index in [1.165, 1.54) is 19.4 Å². The topological polar surface area (TPSA) is 81.4 Å². The maximum atomic E-state index is 12.7. The van der Waals surface area contributed by atoms with Gasteiger partial charge in [-0.1, -0.05) is 15.9 Å². The van der Waals surface area contributed by atoms with Gasteiger partial charge in [-0.05, 0) is 30.3 Å². The highest BCUT2D eigenvalue weighted by Gasteiger charge is 2.20. The third-order valence-electron chi connectivity index (χ3n) is 3.26. The number of sulfonamides is 1. The largest absolute Gasteiger partial charge is 0.495 e. The van der Waals surface area contributed by atoms with Gasteiger partial charge in [-0.3, -0.25) is 9.71 Å². The first kappa shape index (κ1) is 16.5. The number of pyridine rings is 1. The lowest BCUT2D eigenvalue weighted by Crippen LogP contribution is -2.14. The minimum Gasteiger partial charge on any atom is -0.495 e. The van der Waals surface area contributed by atoms with E-state index in [0.29, 0.717) is 10.2 Å². The van der Waals surface area contributed by atoms with Gasteiger partial charge >= 0.3 is 0 Å². The van der Waals surface area contributed by atoms with Crippen molar-refractivity contribution in [1.29, 1.82) is 0 Å². The molecule has 3 aromatic rings. The zero-order chi connectivity index (χ0) is 17.2. The summed E-state index contributed by atoms with van der Waals surface area (Å²) in [5.41, 5.74) is 1.89. The Bertz CT molecular complexity index is 956. The molecule has 0 saturated heterocycles. The van der Waals surface area contributed by atoms with Gasteiger partial charge < -0.3 is 9.15 Å². The molecule has 24 heavy (non-hydrogen) atoms. The monoisotopic (exact) mass is 408 g/mol. The molecule has 1 N–H and O–H groups in total. The molecule has 0 aliphatic carbocycles. The number of aromatic nitrogens is 1. The molecule has 0 amide bonds. The molecule has 8 heteroatoms. The van der Waals surface area contributed by atoms with Crippen LogP contribution < -0.4 is 9.46 Å². The Morgan fingerprint density at radius 3 is 2.71 bits per heavy atom. The number of methoxy groups -OCH3 is 1. The Morgan fingerprint density at radius 2 is 2.00 bits per heavy atom. The van der Waals surface area contributed by atoms with Crippen LogP contribution in [0.15, 0.2) is 69.0 Å². The van der Waals surface area contributed by atoms with E-state index >= 15 is 0 Å². The van der Waals surface area contributed by atoms with Gasteiger partial charge in [0, 0.05) is 21.8 Å². The fourth-order valence-corrected chi connectivity index (χ4v) is 3.90. The SMILES string of the molecule is COc1ccc(Br)cc1S(=O)(=O)Nc1cncc(-c2ccoc2)c1. The van der Waals surface area contributed by atoms with Gasteiger partial charge in [-0.25, -0.2) is 8.42 Å². The van der Waals surface area contributed by atoms with Crippen molar-refractivity contribution in [2.45, 2.75) is 4.90 Å². The predicted octanol–water partition coefficient (Wildman–Crippen LogP) is 3.91. The highest BCUT2D eigenvalue weighted by molar-refractivity contribution is 9.10. The van der Waals surface area contributed by atoms with E-state index in [-0.39, 0.29) is 10.6 Å². The number of nitrogens with zero attached hydrogens (tertiary/aromatic N) is 1. The van der Waals surface area contributed by atoms with E-state index in [0.717, 1.165) is 11.1 Å². The molecule has 0 aliphatic heterocycles. The third-order valence-corrected chi connectivity index (χ3v) is 5.16. The standard InChI is InChI=1S/C16H13BrN2O4S/c1-22-15-3-2-13(17)7-16(15)24(20,21)19-14-6-12(8-18-9-14)11-4-5-23-10-11/h2-10,19H,1H3. The molecule has 0 aliphatic rings. The van der Waals surface area contributed by atoms with Crippen molar-refractivity contribution in [2.24, 2.45) is 0 Å². The molecular formula is C16H13BrN2O4S. The maximum Gasteiger partial charge on any atom is 0.265 e. The van der Waals surface area contributed by atoms with Crippen LogP contribution in [0.5, 0.6) is 5.75 Å². The zero-order valence-corrected chi connectivity index (χ0v) is 15.0. The van der Waals surface area contributed by atoms with E-state index in [9.17, 15) is 8.42 Å². The van der Waals surface area contributed by atoms with E-state index in [1.807, 2.05) is 0 Å².